The summed E-state index contributed by atoms with van der Waals surface area (Å²) in [6.45, 7) is 13.9. The molecule has 0 bridgehead atoms. The molecule has 0 aliphatic rings. The van der Waals surface area contributed by atoms with Crippen LogP contribution in [0.5, 0.6) is 5.75 Å². The second-order valence-corrected chi connectivity index (χ2v) is 4.69. The van der Waals surface area contributed by atoms with E-state index in [1.54, 1.807) is 19.9 Å². The maximum atomic E-state index is 12.6. The van der Waals surface area contributed by atoms with Crippen LogP contribution in [0.3, 0.4) is 0 Å². The van der Waals surface area contributed by atoms with E-state index in [1.807, 2.05) is 13.8 Å². The third kappa shape index (κ3) is 8.46. The number of aromatic hydroxyl groups is 1. The van der Waals surface area contributed by atoms with Gasteiger partial charge in [0.05, 0.1) is 5.56 Å². The molecule has 0 saturated carbocycles. The van der Waals surface area contributed by atoms with Gasteiger partial charge in [-0.2, -0.15) is 0 Å². The van der Waals surface area contributed by atoms with E-state index in [9.17, 15) is 14.3 Å². The fourth-order valence-electron chi connectivity index (χ4n) is 1.04. The molecule has 0 unspecified atom stereocenters. The Hall–Kier alpha value is -1.64. The highest BCUT2D eigenvalue weighted by atomic mass is 19.1. The molecule has 0 atom stereocenters. The first kappa shape index (κ1) is 20.7. The lowest BCUT2D eigenvalue weighted by atomic mass is 10.0. The molecule has 0 aliphatic heterocycles. The highest BCUT2D eigenvalue weighted by Gasteiger charge is 2.12. The van der Waals surface area contributed by atoms with Gasteiger partial charge in [0.25, 0.3) is 0 Å². The van der Waals surface area contributed by atoms with Crippen molar-refractivity contribution in [2.75, 3.05) is 0 Å². The average Bonchev–Trinajstić information content (AvgIpc) is 2.39. The first-order valence-electron chi connectivity index (χ1n) is 6.95. The summed E-state index contributed by atoms with van der Waals surface area (Å²) in [5.74, 6) is -0.335. The summed E-state index contributed by atoms with van der Waals surface area (Å²) in [5, 5.41) is 9.32. The maximum Gasteiger partial charge on any atom is 0.192 e. The molecule has 1 aromatic carbocycles. The van der Waals surface area contributed by atoms with Gasteiger partial charge in [0.15, 0.2) is 5.78 Å². The van der Waals surface area contributed by atoms with Gasteiger partial charge in [-0.05, 0) is 37.5 Å². The zero-order valence-corrected chi connectivity index (χ0v) is 13.6. The van der Waals surface area contributed by atoms with E-state index < -0.39 is 5.82 Å². The van der Waals surface area contributed by atoms with Crippen molar-refractivity contribution in [2.24, 2.45) is 5.92 Å². The summed E-state index contributed by atoms with van der Waals surface area (Å²) >= 11 is 0. The summed E-state index contributed by atoms with van der Waals surface area (Å²) in [5.41, 5.74) is 0.647. The predicted octanol–water partition coefficient (Wildman–Crippen LogP) is 5.37. The van der Waals surface area contributed by atoms with Crippen LogP contribution in [-0.2, 0) is 0 Å². The molecular formula is C17H27FO2. The number of halogens is 1. The largest absolute Gasteiger partial charge is 0.507 e. The second-order valence-electron chi connectivity index (χ2n) is 4.69. The highest BCUT2D eigenvalue weighted by Crippen LogP contribution is 2.20. The van der Waals surface area contributed by atoms with Gasteiger partial charge in [0.1, 0.15) is 11.6 Å². The van der Waals surface area contributed by atoms with E-state index >= 15 is 0 Å². The minimum Gasteiger partial charge on any atom is -0.507 e. The fourth-order valence-corrected chi connectivity index (χ4v) is 1.04. The first-order valence-corrected chi connectivity index (χ1v) is 6.95. The average molecular weight is 282 g/mol. The van der Waals surface area contributed by atoms with Crippen molar-refractivity contribution in [1.82, 2.24) is 0 Å². The molecule has 1 N–H and O–H groups in total. The van der Waals surface area contributed by atoms with Gasteiger partial charge >= 0.3 is 0 Å². The summed E-state index contributed by atoms with van der Waals surface area (Å²) in [6.07, 6.45) is 1.64. The highest BCUT2D eigenvalue weighted by molar-refractivity contribution is 6.09. The number of benzene rings is 1. The van der Waals surface area contributed by atoms with Crippen molar-refractivity contribution in [3.05, 3.63) is 41.2 Å². The molecule has 0 saturated heterocycles. The molecule has 1 rings (SSSR count). The lowest BCUT2D eigenvalue weighted by Gasteiger charge is -2.03. The minimum atomic E-state index is -0.558. The van der Waals surface area contributed by atoms with Crippen LogP contribution in [0.25, 0.3) is 0 Å². The van der Waals surface area contributed by atoms with E-state index in [-0.39, 0.29) is 17.1 Å². The smallest absolute Gasteiger partial charge is 0.192 e. The number of hydrogen-bond donors (Lipinski definition) is 1. The zero-order valence-electron chi connectivity index (χ0n) is 13.6. The third-order valence-electron chi connectivity index (χ3n) is 2.00. The Balaban J connectivity index is 0. The molecule has 114 valence electrons. The van der Waals surface area contributed by atoms with Crippen LogP contribution in [0.1, 0.15) is 58.8 Å². The lowest BCUT2D eigenvalue weighted by molar-refractivity contribution is 0.103. The Bertz CT molecular complexity index is 432. The van der Waals surface area contributed by atoms with E-state index in [2.05, 4.69) is 20.8 Å². The van der Waals surface area contributed by atoms with E-state index in [0.717, 1.165) is 18.1 Å². The minimum absolute atomic E-state index is 0.127. The SMILES string of the molecule is C/C=C(/C)C(=O)c1ccc(F)cc1O.CC.CC(C)C. The summed E-state index contributed by atoms with van der Waals surface area (Å²) < 4.78 is 12.6. The maximum absolute atomic E-state index is 12.6. The van der Waals surface area contributed by atoms with Gasteiger partial charge in [-0.25, -0.2) is 4.39 Å². The molecule has 0 aromatic heterocycles. The standard InChI is InChI=1S/C11H11FO2.C4H10.C2H6/c1-3-7(2)11(14)9-5-4-8(12)6-10(9)13;1-4(2)3;1-2/h3-6,13H,1-2H3;4H,1-3H3;1-2H3/b7-3-;;. The molecular weight excluding hydrogens is 255 g/mol. The van der Waals surface area contributed by atoms with Crippen LogP contribution >= 0.6 is 0 Å². The number of carbonyl (C=O) groups excluding carboxylic acids is 1. The van der Waals surface area contributed by atoms with E-state index in [0.29, 0.717) is 5.57 Å². The number of phenolic OH excluding ortho intramolecular Hbond substituents is 1. The molecule has 0 fully saturated rings. The number of carbonyl (C=O) groups is 1. The first-order chi connectivity index (χ1) is 9.29. The number of ketones is 1. The Labute approximate surface area is 122 Å². The monoisotopic (exact) mass is 282 g/mol. The number of allylic oxidation sites excluding steroid dienone is 2. The van der Waals surface area contributed by atoms with E-state index in [4.69, 9.17) is 0 Å². The van der Waals surface area contributed by atoms with E-state index in [1.165, 1.54) is 6.07 Å². The van der Waals surface area contributed by atoms with Crippen molar-refractivity contribution in [3.63, 3.8) is 0 Å². The Morgan fingerprint density at radius 3 is 2.05 bits per heavy atom. The quantitative estimate of drug-likeness (QED) is 0.585. The van der Waals surface area contributed by atoms with Crippen LogP contribution in [0.2, 0.25) is 0 Å². The van der Waals surface area contributed by atoms with Crippen molar-refractivity contribution >= 4 is 5.78 Å². The molecule has 0 amide bonds. The Morgan fingerprint density at radius 2 is 1.70 bits per heavy atom. The summed E-state index contributed by atoms with van der Waals surface area (Å²) in [4.78, 5) is 11.6. The van der Waals surface area contributed by atoms with Gasteiger partial charge in [-0.1, -0.05) is 40.7 Å². The number of hydrogen-bond acceptors (Lipinski definition) is 2. The summed E-state index contributed by atoms with van der Waals surface area (Å²) in [6, 6.07) is 3.35. The molecule has 1 aromatic rings. The molecule has 3 heteroatoms. The number of rotatable bonds is 2. The second kappa shape index (κ2) is 11.2. The predicted molar refractivity (Wildman–Crippen MR) is 83.7 cm³/mol. The number of phenols is 1. The van der Waals surface area contributed by atoms with Gasteiger partial charge in [0.2, 0.25) is 0 Å². The zero-order chi connectivity index (χ0) is 16.3. The van der Waals surface area contributed by atoms with Gasteiger partial charge < -0.3 is 5.11 Å². The fraction of sp³-hybridized carbons (Fsp3) is 0.471. The normalized spacial score (nSPS) is 10.2. The molecule has 0 spiro atoms. The molecule has 0 heterocycles. The topological polar surface area (TPSA) is 37.3 Å². The lowest BCUT2D eigenvalue weighted by Crippen LogP contribution is -2.00. The number of Topliss-reactive ketones (excluding diaryl/α,β-unsaturated/α-hetero) is 1. The molecule has 0 aliphatic carbocycles. The Morgan fingerprint density at radius 1 is 1.25 bits per heavy atom. The van der Waals surface area contributed by atoms with Gasteiger partial charge in [0, 0.05) is 6.07 Å². The molecule has 0 radical (unpaired) electrons. The summed E-state index contributed by atoms with van der Waals surface area (Å²) in [7, 11) is 0. The van der Waals surface area contributed by atoms with Crippen LogP contribution in [0.15, 0.2) is 29.8 Å². The van der Waals surface area contributed by atoms with Crippen LogP contribution in [0, 0.1) is 11.7 Å². The van der Waals surface area contributed by atoms with Crippen molar-refractivity contribution in [1.29, 1.82) is 0 Å². The van der Waals surface area contributed by atoms with Gasteiger partial charge in [-0.3, -0.25) is 4.79 Å². The molecule has 20 heavy (non-hydrogen) atoms. The van der Waals surface area contributed by atoms with Crippen molar-refractivity contribution in [3.8, 4) is 5.75 Å². The molecule has 2 nitrogen and oxygen atoms in total. The van der Waals surface area contributed by atoms with Crippen molar-refractivity contribution in [2.45, 2.75) is 48.5 Å². The van der Waals surface area contributed by atoms with Gasteiger partial charge in [-0.15, -0.1) is 0 Å². The third-order valence-corrected chi connectivity index (χ3v) is 2.00. The van der Waals surface area contributed by atoms with Crippen LogP contribution in [0.4, 0.5) is 4.39 Å². The van der Waals surface area contributed by atoms with Crippen molar-refractivity contribution < 1.29 is 14.3 Å². The van der Waals surface area contributed by atoms with Crippen LogP contribution in [-0.4, -0.2) is 10.9 Å². The Kier molecular flexibility index (Phi) is 11.6. The van der Waals surface area contributed by atoms with Crippen LogP contribution < -0.4 is 0 Å².